The lowest BCUT2D eigenvalue weighted by atomic mass is 9.44. The first kappa shape index (κ1) is 25.7. The molecule has 0 saturated heterocycles. The summed E-state index contributed by atoms with van der Waals surface area (Å²) in [5.74, 6) is -2.70. The van der Waals surface area contributed by atoms with Gasteiger partial charge in [0, 0.05) is 28.5 Å². The van der Waals surface area contributed by atoms with Crippen molar-refractivity contribution >= 4 is 33.5 Å². The summed E-state index contributed by atoms with van der Waals surface area (Å²) in [4.78, 5) is 37.2. The maximum Gasteiger partial charge on any atom is 0.306 e. The first-order chi connectivity index (χ1) is 15.9. The Labute approximate surface area is 208 Å². The maximum atomic E-state index is 17.1. The second-order valence-electron chi connectivity index (χ2n) is 11.0. The Morgan fingerprint density at radius 3 is 2.68 bits per heavy atom. The lowest BCUT2D eigenvalue weighted by molar-refractivity contribution is -0.220. The van der Waals surface area contributed by atoms with E-state index in [0.29, 0.717) is 36.6 Å². The minimum absolute atomic E-state index is 0.0978. The first-order valence-electron chi connectivity index (χ1n) is 12.1. The number of alkyl halides is 2. The van der Waals surface area contributed by atoms with Gasteiger partial charge in [0.25, 0.3) is 0 Å². The summed E-state index contributed by atoms with van der Waals surface area (Å²) in [5, 5.41) is 23.8. The zero-order valence-corrected chi connectivity index (χ0v) is 21.6. The average Bonchev–Trinajstić information content (AvgIpc) is 2.99. The quantitative estimate of drug-likeness (QED) is 0.394. The molecule has 0 aromatic rings. The van der Waals surface area contributed by atoms with Crippen LogP contribution >= 0.6 is 15.9 Å². The number of ether oxygens (including phenoxy) is 1. The predicted octanol–water partition coefficient (Wildman–Crippen LogP) is 3.62. The van der Waals surface area contributed by atoms with Gasteiger partial charge in [-0.3, -0.25) is 14.4 Å². The topological polar surface area (TPSA) is 101 Å². The van der Waals surface area contributed by atoms with E-state index in [4.69, 9.17) is 4.74 Å². The molecule has 0 radical (unpaired) electrons. The Kier molecular flexibility index (Phi) is 6.52. The van der Waals surface area contributed by atoms with Gasteiger partial charge in [-0.25, -0.2) is 4.39 Å². The molecule has 3 fully saturated rings. The minimum atomic E-state index is -2.02. The molecule has 6 nitrogen and oxygen atoms in total. The van der Waals surface area contributed by atoms with E-state index in [9.17, 15) is 24.6 Å². The number of hydrogen-bond acceptors (Lipinski definition) is 6. The molecule has 3 saturated carbocycles. The van der Waals surface area contributed by atoms with E-state index in [0.717, 1.165) is 0 Å². The molecular weight excluding hydrogens is 507 g/mol. The third-order valence-corrected chi connectivity index (χ3v) is 10.1. The zero-order valence-electron chi connectivity index (χ0n) is 20.0. The Hall–Kier alpha value is -1.38. The highest BCUT2D eigenvalue weighted by atomic mass is 79.9. The smallest absolute Gasteiger partial charge is 0.306 e. The van der Waals surface area contributed by atoms with Crippen LogP contribution in [0.5, 0.6) is 0 Å². The first-order valence-corrected chi connectivity index (χ1v) is 13.3. The van der Waals surface area contributed by atoms with Crippen LogP contribution in [0.2, 0.25) is 0 Å². The summed E-state index contributed by atoms with van der Waals surface area (Å²) >= 11 is 3.25. The van der Waals surface area contributed by atoms with E-state index < -0.39 is 58.4 Å². The monoisotopic (exact) mass is 540 g/mol. The van der Waals surface area contributed by atoms with E-state index in [1.807, 2.05) is 0 Å². The summed E-state index contributed by atoms with van der Waals surface area (Å²) in [7, 11) is 0. The molecule has 4 aliphatic carbocycles. The highest BCUT2D eigenvalue weighted by Gasteiger charge is 2.75. The highest BCUT2D eigenvalue weighted by Crippen LogP contribution is 2.70. The number of fused-ring (bicyclic) bond motifs is 5. The van der Waals surface area contributed by atoms with Crippen molar-refractivity contribution in [3.8, 4) is 0 Å². The molecule has 0 heterocycles. The fraction of sp³-hybridized carbons (Fsp3) is 0.731. The number of ketones is 2. The molecule has 4 aliphatic rings. The van der Waals surface area contributed by atoms with Gasteiger partial charge in [0.2, 0.25) is 5.78 Å². The molecule has 4 rings (SSSR count). The molecule has 188 valence electrons. The van der Waals surface area contributed by atoms with Crippen molar-refractivity contribution in [2.75, 3.05) is 11.9 Å². The largest absolute Gasteiger partial charge is 0.458 e. The normalized spacial score (nSPS) is 45.1. The lowest BCUT2D eigenvalue weighted by Crippen LogP contribution is -2.69. The van der Waals surface area contributed by atoms with Gasteiger partial charge in [-0.05, 0) is 63.0 Å². The zero-order chi connectivity index (χ0) is 25.1. The fourth-order valence-corrected chi connectivity index (χ4v) is 7.96. The molecule has 0 aromatic heterocycles. The van der Waals surface area contributed by atoms with Crippen molar-refractivity contribution in [3.63, 3.8) is 0 Å². The standard InChI is InChI=1S/C26H34BrFO6/c1-15-11-19-18-7-6-16-12-17(29)8-9-23(16,2)25(18,28)20(30)13-24(19,3)26(15,33)21(31)14-34-22(32)5-4-10-27/h8-9,12,15,18-20,30,33H,4-7,10-11,13-14H2,1-3H3/t15-,18?,19?,20?,23?,24?,25?,26-/m0/s1. The molecule has 6 unspecified atom stereocenters. The number of allylic oxidation sites excluding steroid dienone is 4. The van der Waals surface area contributed by atoms with E-state index in [1.165, 1.54) is 12.2 Å². The van der Waals surface area contributed by atoms with Crippen LogP contribution < -0.4 is 0 Å². The van der Waals surface area contributed by atoms with Crippen LogP contribution in [0.25, 0.3) is 0 Å². The van der Waals surface area contributed by atoms with Crippen LogP contribution in [0.3, 0.4) is 0 Å². The number of esters is 1. The third kappa shape index (κ3) is 3.34. The number of hydrogen-bond donors (Lipinski definition) is 2. The van der Waals surface area contributed by atoms with Crippen molar-refractivity contribution in [1.29, 1.82) is 0 Å². The fourth-order valence-electron chi connectivity index (χ4n) is 7.68. The molecule has 0 aliphatic heterocycles. The van der Waals surface area contributed by atoms with Crippen molar-refractivity contribution in [2.24, 2.45) is 28.6 Å². The van der Waals surface area contributed by atoms with Gasteiger partial charge in [0.05, 0.1) is 6.10 Å². The van der Waals surface area contributed by atoms with Crippen molar-refractivity contribution in [2.45, 2.75) is 76.7 Å². The van der Waals surface area contributed by atoms with Crippen LogP contribution in [0, 0.1) is 28.6 Å². The second-order valence-corrected chi connectivity index (χ2v) is 11.8. The lowest BCUT2D eigenvalue weighted by Gasteiger charge is -2.62. The average molecular weight is 541 g/mol. The molecule has 2 N–H and O–H groups in total. The molecule has 0 amide bonds. The summed E-state index contributed by atoms with van der Waals surface area (Å²) in [6.45, 7) is 4.74. The summed E-state index contributed by atoms with van der Waals surface area (Å²) < 4.78 is 22.3. The van der Waals surface area contributed by atoms with Gasteiger partial charge in [-0.1, -0.05) is 41.4 Å². The van der Waals surface area contributed by atoms with Crippen molar-refractivity contribution in [1.82, 2.24) is 0 Å². The van der Waals surface area contributed by atoms with Crippen LogP contribution in [0.1, 0.15) is 59.3 Å². The van der Waals surface area contributed by atoms with E-state index >= 15 is 4.39 Å². The molecule has 0 bridgehead atoms. The number of aliphatic hydroxyl groups is 2. The molecular formula is C26H34BrFO6. The van der Waals surface area contributed by atoms with Gasteiger partial charge >= 0.3 is 5.97 Å². The van der Waals surface area contributed by atoms with E-state index in [2.05, 4.69) is 15.9 Å². The third-order valence-electron chi connectivity index (χ3n) is 9.53. The van der Waals surface area contributed by atoms with E-state index in [-0.39, 0.29) is 24.5 Å². The molecule has 8 atom stereocenters. The van der Waals surface area contributed by atoms with Crippen molar-refractivity contribution < 1.29 is 33.7 Å². The number of carbonyl (C=O) groups excluding carboxylic acids is 3. The maximum absolute atomic E-state index is 17.1. The van der Waals surface area contributed by atoms with Gasteiger partial charge in [0.1, 0.15) is 5.60 Å². The van der Waals surface area contributed by atoms with Gasteiger partial charge in [-0.15, -0.1) is 0 Å². The number of halogens is 2. The Morgan fingerprint density at radius 1 is 1.29 bits per heavy atom. The number of Topliss-reactive ketones (excluding diaryl/α,β-unsaturated/α-hetero) is 1. The molecule has 34 heavy (non-hydrogen) atoms. The SMILES string of the molecule is C[C@H]1CC2C3CCC4=CC(=O)C=CC4(C)C3(F)C(O)CC2(C)[C@@]1(O)C(=O)COC(=O)CCCBr. The van der Waals surface area contributed by atoms with Crippen LogP contribution in [0.15, 0.2) is 23.8 Å². The van der Waals surface area contributed by atoms with Gasteiger partial charge in [0.15, 0.2) is 18.1 Å². The Morgan fingerprint density at radius 2 is 2.00 bits per heavy atom. The summed E-state index contributed by atoms with van der Waals surface area (Å²) in [6.07, 6.45) is 5.03. The van der Waals surface area contributed by atoms with Crippen LogP contribution in [-0.2, 0) is 19.1 Å². The van der Waals surface area contributed by atoms with Gasteiger partial charge < -0.3 is 14.9 Å². The van der Waals surface area contributed by atoms with Crippen molar-refractivity contribution in [3.05, 3.63) is 23.8 Å². The van der Waals surface area contributed by atoms with Crippen LogP contribution in [0.4, 0.5) is 4.39 Å². The minimum Gasteiger partial charge on any atom is -0.458 e. The molecule has 8 heteroatoms. The predicted molar refractivity (Wildman–Crippen MR) is 127 cm³/mol. The second kappa shape index (κ2) is 8.63. The number of carbonyl (C=O) groups is 3. The van der Waals surface area contributed by atoms with Crippen LogP contribution in [-0.4, -0.2) is 57.1 Å². The molecule has 0 aromatic carbocycles. The number of rotatable bonds is 6. The Balaban J connectivity index is 1.65. The van der Waals surface area contributed by atoms with E-state index in [1.54, 1.807) is 26.8 Å². The summed E-state index contributed by atoms with van der Waals surface area (Å²) in [6, 6.07) is 0. The molecule has 0 spiro atoms. The summed E-state index contributed by atoms with van der Waals surface area (Å²) in [5.41, 5.74) is -5.37. The number of aliphatic hydroxyl groups excluding tert-OH is 1. The Bertz CT molecular complexity index is 963. The highest BCUT2D eigenvalue weighted by molar-refractivity contribution is 9.09. The van der Waals surface area contributed by atoms with Gasteiger partial charge in [-0.2, -0.15) is 0 Å².